The predicted octanol–water partition coefficient (Wildman–Crippen LogP) is 5.04. The van der Waals surface area contributed by atoms with Crippen LogP contribution >= 0.6 is 28.1 Å². The van der Waals surface area contributed by atoms with Crippen molar-refractivity contribution >= 4 is 39.2 Å². The summed E-state index contributed by atoms with van der Waals surface area (Å²) in [6.45, 7) is 0.940. The first-order valence-corrected chi connectivity index (χ1v) is 8.41. The van der Waals surface area contributed by atoms with E-state index in [0.29, 0.717) is 9.24 Å². The number of nitrogens with one attached hydrogen (secondary N) is 1. The summed E-state index contributed by atoms with van der Waals surface area (Å²) in [5.74, 6) is 2.24. The van der Waals surface area contributed by atoms with Crippen molar-refractivity contribution in [3.8, 4) is 0 Å². The Morgan fingerprint density at radius 2 is 1.95 bits per heavy atom. The van der Waals surface area contributed by atoms with Crippen molar-refractivity contribution in [3.63, 3.8) is 0 Å². The summed E-state index contributed by atoms with van der Waals surface area (Å²) in [5, 5.41) is 0. The maximum atomic E-state index is 13.8. The van der Waals surface area contributed by atoms with Crippen LogP contribution in [-0.2, 0) is 6.54 Å². The summed E-state index contributed by atoms with van der Waals surface area (Å²) in [4.78, 5) is 3.20. The van der Waals surface area contributed by atoms with Gasteiger partial charge in [-0.25, -0.2) is 4.39 Å². The highest BCUT2D eigenvalue weighted by Gasteiger charge is 2.41. The van der Waals surface area contributed by atoms with E-state index < -0.39 is 0 Å². The van der Waals surface area contributed by atoms with Crippen LogP contribution in [0.5, 0.6) is 0 Å². The van der Waals surface area contributed by atoms with Gasteiger partial charge in [-0.2, -0.15) is 0 Å². The highest BCUT2D eigenvalue weighted by Crippen LogP contribution is 2.50. The number of aromatic nitrogens is 2. The Morgan fingerprint density at radius 1 is 1.30 bits per heavy atom. The van der Waals surface area contributed by atoms with Gasteiger partial charge in [0.25, 0.3) is 0 Å². The molecule has 2 fully saturated rings. The summed E-state index contributed by atoms with van der Waals surface area (Å²) in [5.41, 5.74) is 1.80. The van der Waals surface area contributed by atoms with Crippen LogP contribution < -0.4 is 0 Å². The van der Waals surface area contributed by atoms with E-state index in [1.165, 1.54) is 25.7 Å². The number of hydrogen-bond acceptors (Lipinski definition) is 1. The van der Waals surface area contributed by atoms with Crippen LogP contribution in [0.1, 0.15) is 25.7 Å². The lowest BCUT2D eigenvalue weighted by Gasteiger charge is -2.16. The molecule has 5 heteroatoms. The first kappa shape index (κ1) is 13.0. The Bertz CT molecular complexity index is 715. The SMILES string of the molecule is Fc1cc2c(cc1Br)[nH]c(=S)n2CC(C1CC1)C1CC1. The van der Waals surface area contributed by atoms with Gasteiger partial charge in [0.2, 0.25) is 0 Å². The third-order valence-corrected chi connectivity index (χ3v) is 5.59. The summed E-state index contributed by atoms with van der Waals surface area (Å²) >= 11 is 8.67. The van der Waals surface area contributed by atoms with Gasteiger partial charge in [-0.3, -0.25) is 0 Å². The lowest BCUT2D eigenvalue weighted by molar-refractivity contribution is 0.351. The molecule has 1 aromatic carbocycles. The Labute approximate surface area is 130 Å². The smallest absolute Gasteiger partial charge is 0.178 e. The zero-order chi connectivity index (χ0) is 13.9. The number of aromatic amines is 1. The molecule has 0 unspecified atom stereocenters. The lowest BCUT2D eigenvalue weighted by Crippen LogP contribution is -2.15. The van der Waals surface area contributed by atoms with E-state index in [2.05, 4.69) is 25.5 Å². The minimum absolute atomic E-state index is 0.227. The predicted molar refractivity (Wildman–Crippen MR) is 83.7 cm³/mol. The molecule has 2 saturated carbocycles. The first-order valence-electron chi connectivity index (χ1n) is 7.21. The van der Waals surface area contributed by atoms with E-state index in [1.807, 2.05) is 0 Å². The highest BCUT2D eigenvalue weighted by atomic mass is 79.9. The fourth-order valence-electron chi connectivity index (χ4n) is 3.28. The largest absolute Gasteiger partial charge is 0.331 e. The van der Waals surface area contributed by atoms with Gasteiger partial charge in [-0.05, 0) is 77.7 Å². The normalized spacial score (nSPS) is 19.1. The first-order chi connectivity index (χ1) is 9.63. The van der Waals surface area contributed by atoms with Crippen molar-refractivity contribution in [1.29, 1.82) is 0 Å². The second kappa shape index (κ2) is 4.67. The standard InChI is InChI=1S/C15H16BrFN2S/c16-11-5-13-14(6-12(11)17)19(15(20)18-13)7-10(8-1-2-8)9-3-4-9/h5-6,8-10H,1-4,7H2,(H,18,20). The van der Waals surface area contributed by atoms with Crippen LogP contribution in [0.15, 0.2) is 16.6 Å². The number of imidazole rings is 1. The minimum atomic E-state index is -0.227. The molecule has 0 bridgehead atoms. The third-order valence-electron chi connectivity index (χ3n) is 4.66. The van der Waals surface area contributed by atoms with E-state index in [9.17, 15) is 4.39 Å². The van der Waals surface area contributed by atoms with Crippen LogP contribution in [0.25, 0.3) is 11.0 Å². The third kappa shape index (κ3) is 2.25. The maximum absolute atomic E-state index is 13.8. The van der Waals surface area contributed by atoms with Crippen molar-refractivity contribution in [2.75, 3.05) is 0 Å². The average Bonchev–Trinajstić information content (AvgIpc) is 3.28. The fraction of sp³-hybridized carbons (Fsp3) is 0.533. The highest BCUT2D eigenvalue weighted by molar-refractivity contribution is 9.10. The number of nitrogens with zero attached hydrogens (tertiary/aromatic N) is 1. The van der Waals surface area contributed by atoms with E-state index >= 15 is 0 Å². The Kier molecular flexibility index (Phi) is 3.04. The van der Waals surface area contributed by atoms with Crippen LogP contribution in [0.2, 0.25) is 0 Å². The molecular formula is C15H16BrFN2S. The van der Waals surface area contributed by atoms with Crippen LogP contribution in [-0.4, -0.2) is 9.55 Å². The summed E-state index contributed by atoms with van der Waals surface area (Å²) in [6, 6.07) is 3.36. The van der Waals surface area contributed by atoms with Gasteiger partial charge in [-0.1, -0.05) is 0 Å². The molecule has 1 aromatic heterocycles. The molecule has 1 N–H and O–H groups in total. The van der Waals surface area contributed by atoms with Crippen molar-refractivity contribution < 1.29 is 4.39 Å². The molecular weight excluding hydrogens is 339 g/mol. The van der Waals surface area contributed by atoms with Crippen molar-refractivity contribution in [3.05, 3.63) is 27.2 Å². The molecule has 0 aliphatic heterocycles. The molecule has 2 nitrogen and oxygen atoms in total. The molecule has 20 heavy (non-hydrogen) atoms. The van der Waals surface area contributed by atoms with Gasteiger partial charge in [-0.15, -0.1) is 0 Å². The Hall–Kier alpha value is -0.680. The van der Waals surface area contributed by atoms with Crippen molar-refractivity contribution in [2.45, 2.75) is 32.2 Å². The quantitative estimate of drug-likeness (QED) is 0.763. The number of fused-ring (bicyclic) bond motifs is 1. The van der Waals surface area contributed by atoms with Gasteiger partial charge in [0, 0.05) is 12.6 Å². The second-order valence-corrected chi connectivity index (χ2v) is 7.40. The fourth-order valence-corrected chi connectivity index (χ4v) is 3.90. The van der Waals surface area contributed by atoms with Gasteiger partial charge in [0.05, 0.1) is 15.5 Å². The number of H-pyrrole nitrogens is 1. The van der Waals surface area contributed by atoms with Gasteiger partial charge >= 0.3 is 0 Å². The van der Waals surface area contributed by atoms with Crippen molar-refractivity contribution in [2.24, 2.45) is 17.8 Å². The number of rotatable bonds is 4. The molecule has 0 amide bonds. The van der Waals surface area contributed by atoms with Gasteiger partial charge in [0.15, 0.2) is 4.77 Å². The Balaban J connectivity index is 1.76. The molecule has 0 spiro atoms. The van der Waals surface area contributed by atoms with E-state index in [1.54, 1.807) is 12.1 Å². The second-order valence-electron chi connectivity index (χ2n) is 6.16. The van der Waals surface area contributed by atoms with Gasteiger partial charge < -0.3 is 9.55 Å². The maximum Gasteiger partial charge on any atom is 0.178 e. The minimum Gasteiger partial charge on any atom is -0.331 e. The summed E-state index contributed by atoms with van der Waals surface area (Å²) < 4.78 is 17.1. The zero-order valence-corrected chi connectivity index (χ0v) is 13.4. The molecule has 2 aliphatic carbocycles. The van der Waals surface area contributed by atoms with Crippen LogP contribution in [0.3, 0.4) is 0 Å². The molecule has 1 heterocycles. The number of hydrogen-bond donors (Lipinski definition) is 1. The lowest BCUT2D eigenvalue weighted by atomic mass is 9.98. The van der Waals surface area contributed by atoms with E-state index in [-0.39, 0.29) is 5.82 Å². The molecule has 4 rings (SSSR count). The molecule has 0 atom stereocenters. The van der Waals surface area contributed by atoms with Crippen LogP contribution in [0.4, 0.5) is 4.39 Å². The Morgan fingerprint density at radius 3 is 2.55 bits per heavy atom. The number of halogens is 2. The topological polar surface area (TPSA) is 20.7 Å². The average molecular weight is 355 g/mol. The summed E-state index contributed by atoms with van der Waals surface area (Å²) in [7, 11) is 0. The molecule has 2 aliphatic rings. The number of benzene rings is 1. The molecule has 0 saturated heterocycles. The summed E-state index contributed by atoms with van der Waals surface area (Å²) in [6.07, 6.45) is 5.43. The molecule has 0 radical (unpaired) electrons. The van der Waals surface area contributed by atoms with Gasteiger partial charge in [0.1, 0.15) is 5.82 Å². The van der Waals surface area contributed by atoms with E-state index in [0.717, 1.165) is 35.3 Å². The van der Waals surface area contributed by atoms with Crippen LogP contribution in [0, 0.1) is 28.3 Å². The molecule has 106 valence electrons. The zero-order valence-electron chi connectivity index (χ0n) is 11.0. The van der Waals surface area contributed by atoms with E-state index in [4.69, 9.17) is 12.2 Å². The van der Waals surface area contributed by atoms with Crippen molar-refractivity contribution in [1.82, 2.24) is 9.55 Å². The molecule has 2 aromatic rings. The monoisotopic (exact) mass is 354 g/mol.